The topological polar surface area (TPSA) is 106 Å². The van der Waals surface area contributed by atoms with Crippen molar-refractivity contribution in [2.75, 3.05) is 27.7 Å². The maximum atomic E-state index is 12.3. The number of carbonyl (C=O) groups excluding carboxylic acids is 1. The van der Waals surface area contributed by atoms with Crippen LogP contribution in [0.4, 0.5) is 0 Å². The van der Waals surface area contributed by atoms with E-state index in [1.165, 1.54) is 0 Å². The zero-order chi connectivity index (χ0) is 24.2. The van der Waals surface area contributed by atoms with Crippen molar-refractivity contribution < 1.29 is 21.9 Å². The normalized spacial score (nSPS) is 14.8. The Morgan fingerprint density at radius 1 is 1.06 bits per heavy atom. The molecular weight excluding hydrogens is 520 g/mol. The smallest absolute Gasteiger partial charge is 0.741 e. The van der Waals surface area contributed by atoms with Crippen LogP contribution in [0.15, 0.2) is 68.5 Å². The van der Waals surface area contributed by atoms with Crippen LogP contribution in [0.5, 0.6) is 0 Å². The van der Waals surface area contributed by atoms with Gasteiger partial charge in [-0.15, -0.1) is 0 Å². The maximum absolute atomic E-state index is 12.3. The molecule has 0 saturated carbocycles. The first-order valence-electron chi connectivity index (χ1n) is 10.2. The van der Waals surface area contributed by atoms with Crippen molar-refractivity contribution in [2.24, 2.45) is 20.2 Å². The van der Waals surface area contributed by atoms with Gasteiger partial charge >= 0.3 is 17.1 Å². The summed E-state index contributed by atoms with van der Waals surface area (Å²) in [4.78, 5) is 21.9. The summed E-state index contributed by atoms with van der Waals surface area (Å²) < 4.78 is 0. The number of allylic oxidation sites excluding steroid dienone is 1. The monoisotopic (exact) mass is 548 g/mol. The van der Waals surface area contributed by atoms with Crippen LogP contribution in [0.25, 0.3) is 0 Å². The van der Waals surface area contributed by atoms with Crippen molar-refractivity contribution in [1.29, 1.82) is 0 Å². The van der Waals surface area contributed by atoms with Gasteiger partial charge in [0.2, 0.25) is 5.91 Å². The van der Waals surface area contributed by atoms with Crippen molar-refractivity contribution in [3.63, 3.8) is 0 Å². The largest absolute Gasteiger partial charge is 2.00 e. The van der Waals surface area contributed by atoms with E-state index in [0.29, 0.717) is 30.8 Å². The first kappa shape index (κ1) is 29.2. The molecule has 0 aliphatic carbocycles. The van der Waals surface area contributed by atoms with Gasteiger partial charge in [-0.05, 0) is 41.9 Å². The molecule has 1 radical (unpaired) electrons. The minimum absolute atomic E-state index is 0. The van der Waals surface area contributed by atoms with Crippen LogP contribution in [0.3, 0.4) is 0 Å². The molecule has 0 aromatic heterocycles. The molecule has 0 bridgehead atoms. The third-order valence-corrected chi connectivity index (χ3v) is 5.14. The molecule has 0 unspecified atom stereocenters. The number of hydrazone groups is 2. The van der Waals surface area contributed by atoms with Gasteiger partial charge in [-0.1, -0.05) is 30.3 Å². The van der Waals surface area contributed by atoms with Gasteiger partial charge in [-0.25, -0.2) is 0 Å². The molecule has 1 heterocycles. The van der Waals surface area contributed by atoms with Gasteiger partial charge in [0.05, 0.1) is 5.71 Å². The third-order valence-electron chi connectivity index (χ3n) is 4.59. The number of carbonyl (C=O) groups is 1. The van der Waals surface area contributed by atoms with Gasteiger partial charge in [0, 0.05) is 45.0 Å². The van der Waals surface area contributed by atoms with Crippen molar-refractivity contribution in [2.45, 2.75) is 19.8 Å². The number of amides is 1. The number of hydrogen-bond acceptors (Lipinski definition) is 8. The first-order valence-corrected chi connectivity index (χ1v) is 11.0. The predicted octanol–water partition coefficient (Wildman–Crippen LogP) is 1.40. The zero-order valence-corrected chi connectivity index (χ0v) is 22.0. The molecule has 1 aromatic rings. The minimum atomic E-state index is -0.0447. The van der Waals surface area contributed by atoms with Crippen LogP contribution in [0.1, 0.15) is 24.5 Å². The molecule has 0 saturated heterocycles. The van der Waals surface area contributed by atoms with Crippen LogP contribution in [0, 0.1) is 0 Å². The Labute approximate surface area is 222 Å². The van der Waals surface area contributed by atoms with E-state index in [1.807, 2.05) is 54.7 Å². The fourth-order valence-electron chi connectivity index (χ4n) is 2.84. The van der Waals surface area contributed by atoms with E-state index in [1.54, 1.807) is 21.0 Å². The second-order valence-electron chi connectivity index (χ2n) is 7.05. The summed E-state index contributed by atoms with van der Waals surface area (Å²) >= 11 is 10.1. The third kappa shape index (κ3) is 9.60. The molecule has 0 atom stereocenters. The van der Waals surface area contributed by atoms with Crippen LogP contribution >= 0.6 is 0 Å². The summed E-state index contributed by atoms with van der Waals surface area (Å²) in [6, 6.07) is 7.86. The summed E-state index contributed by atoms with van der Waals surface area (Å²) in [5.74, 6) is -0.0447. The van der Waals surface area contributed by atoms with Crippen molar-refractivity contribution in [1.82, 2.24) is 21.1 Å². The van der Waals surface area contributed by atoms with Crippen LogP contribution in [0.2, 0.25) is 0 Å². The average molecular weight is 549 g/mol. The van der Waals surface area contributed by atoms with Gasteiger partial charge in [0.25, 0.3) is 0 Å². The number of nitrogens with one attached hydrogen (secondary N) is 3. The number of aliphatic imine (C=N–C) groups is 2. The van der Waals surface area contributed by atoms with Gasteiger partial charge in [-0.3, -0.25) is 25.6 Å². The van der Waals surface area contributed by atoms with Crippen molar-refractivity contribution in [3.05, 3.63) is 59.4 Å². The molecule has 3 N–H and O–H groups in total. The van der Waals surface area contributed by atoms with Crippen molar-refractivity contribution in [3.8, 4) is 0 Å². The summed E-state index contributed by atoms with van der Waals surface area (Å²) in [7, 11) is 5.07. The van der Waals surface area contributed by atoms with E-state index < -0.39 is 0 Å². The molecule has 0 fully saturated rings. The molecule has 185 valence electrons. The quantitative estimate of drug-likeness (QED) is 0.149. The van der Waals surface area contributed by atoms with Gasteiger partial charge in [0.15, 0.2) is 0 Å². The SMILES string of the molecule is CN=C([S-])N/N=C(C)\C(=N/NC([S-])=NC)c1ccc(CCNC(=O)C2=CN(C)C=CC2)cc1.[64Cu+2]. The Balaban J connectivity index is 0.00000578. The Kier molecular flexibility index (Phi) is 13.1. The van der Waals surface area contributed by atoms with E-state index in [4.69, 9.17) is 25.3 Å². The second kappa shape index (κ2) is 15.2. The number of benzene rings is 1. The molecule has 1 aromatic carbocycles. The van der Waals surface area contributed by atoms with E-state index in [-0.39, 0.29) is 33.3 Å². The van der Waals surface area contributed by atoms with Gasteiger partial charge in [0.1, 0.15) is 5.71 Å². The van der Waals surface area contributed by atoms with E-state index >= 15 is 0 Å². The number of nitrogens with zero attached hydrogens (tertiary/aromatic N) is 5. The van der Waals surface area contributed by atoms with Crippen LogP contribution < -0.4 is 16.2 Å². The molecule has 1 amide bonds. The second-order valence-corrected chi connectivity index (χ2v) is 7.82. The number of hydrogen-bond donors (Lipinski definition) is 3. The zero-order valence-electron chi connectivity index (χ0n) is 19.4. The maximum Gasteiger partial charge on any atom is 2.00 e. The predicted molar refractivity (Wildman–Crippen MR) is 140 cm³/mol. The fraction of sp³-hybridized carbons (Fsp3) is 0.318. The molecule has 2 rings (SSSR count). The summed E-state index contributed by atoms with van der Waals surface area (Å²) in [6.45, 7) is 2.34. The molecular formula is C22H28CuN8OS2. The Hall–Kier alpha value is -2.79. The summed E-state index contributed by atoms with van der Waals surface area (Å²) in [5, 5.41) is 12.1. The molecule has 12 heteroatoms. The van der Waals surface area contributed by atoms with Gasteiger partial charge < -0.3 is 35.5 Å². The molecule has 0 spiro atoms. The first-order chi connectivity index (χ1) is 15.8. The van der Waals surface area contributed by atoms with Crippen LogP contribution in [-0.4, -0.2) is 60.3 Å². The fourth-order valence-corrected chi connectivity index (χ4v) is 2.94. The summed E-state index contributed by atoms with van der Waals surface area (Å²) in [5.41, 5.74) is 9.27. The molecule has 1 aliphatic rings. The Morgan fingerprint density at radius 3 is 2.26 bits per heavy atom. The standard InChI is InChI=1S/C22H30N8OS2.Cu/c1-15(26-28-21(32)23-2)19(27-29-22(33)24-3)17-9-7-16(8-10-17)11-12-25-20(31)18-6-5-13-30(4)14-18;/h5,7-10,13-14H,6,11-12H2,1-4H3,(H,25,31)(H2,23,28,32)(H2,24,29,33);/q;+2/p-2/b26-15-,27-19+;/i;1+0. The van der Waals surface area contributed by atoms with E-state index in [0.717, 1.165) is 16.7 Å². The average Bonchev–Trinajstić information content (AvgIpc) is 2.83. The van der Waals surface area contributed by atoms with E-state index in [9.17, 15) is 4.79 Å². The Bertz CT molecular complexity index is 1020. The Morgan fingerprint density at radius 2 is 1.68 bits per heavy atom. The molecule has 1 aliphatic heterocycles. The van der Waals surface area contributed by atoms with Gasteiger partial charge in [-0.2, -0.15) is 10.2 Å². The number of rotatable bonds is 8. The van der Waals surface area contributed by atoms with E-state index in [2.05, 4.69) is 36.4 Å². The molecule has 34 heavy (non-hydrogen) atoms. The van der Waals surface area contributed by atoms with Crippen molar-refractivity contribution >= 4 is 52.9 Å². The minimum Gasteiger partial charge on any atom is -0.741 e. The van der Waals surface area contributed by atoms with Crippen LogP contribution in [-0.2, 0) is 53.5 Å². The molecule has 9 nitrogen and oxygen atoms in total. The number of amidine groups is 2. The summed E-state index contributed by atoms with van der Waals surface area (Å²) in [6.07, 6.45) is 7.09.